The number of amides is 4. The molecule has 0 radical (unpaired) electrons. The highest BCUT2D eigenvalue weighted by Crippen LogP contribution is 2.34. The Kier molecular flexibility index (Phi) is 8.03. The fraction of sp³-hybridized carbons (Fsp3) is 0.500. The van der Waals surface area contributed by atoms with Gasteiger partial charge in [-0.2, -0.15) is 0 Å². The molecule has 9 heteroatoms. The fourth-order valence-electron chi connectivity index (χ4n) is 6.89. The number of halogens is 1. The molecule has 3 heterocycles. The number of urea groups is 1. The summed E-state index contributed by atoms with van der Waals surface area (Å²) in [5, 5.41) is 5.74. The molecule has 1 atom stereocenters. The number of hydrogen-bond acceptors (Lipinski definition) is 4. The van der Waals surface area contributed by atoms with E-state index in [-0.39, 0.29) is 29.8 Å². The Morgan fingerprint density at radius 1 is 0.829 bits per heavy atom. The predicted octanol–water partition coefficient (Wildman–Crippen LogP) is 4.62. The zero-order chi connectivity index (χ0) is 28.3. The van der Waals surface area contributed by atoms with Gasteiger partial charge in [0.25, 0.3) is 5.91 Å². The highest BCUT2D eigenvalue weighted by Gasteiger charge is 2.37. The Bertz CT molecular complexity index is 1320. The molecule has 4 fully saturated rings. The third kappa shape index (κ3) is 5.99. The van der Waals surface area contributed by atoms with Crippen molar-refractivity contribution in [3.8, 4) is 0 Å². The number of aliphatic imine (C=N–C) groups is 1. The lowest BCUT2D eigenvalue weighted by Gasteiger charge is -2.29. The number of benzene rings is 2. The van der Waals surface area contributed by atoms with E-state index in [2.05, 4.69) is 15.6 Å². The van der Waals surface area contributed by atoms with Crippen LogP contribution in [0.5, 0.6) is 0 Å². The topological polar surface area (TPSA) is 94.1 Å². The number of benzodiazepines with no additional fused rings is 1. The van der Waals surface area contributed by atoms with E-state index in [0.29, 0.717) is 36.2 Å². The van der Waals surface area contributed by atoms with Gasteiger partial charge in [0.05, 0.1) is 11.4 Å². The Balaban J connectivity index is 1.33. The number of rotatable bonds is 5. The summed E-state index contributed by atoms with van der Waals surface area (Å²) in [5.74, 6) is -0.124. The second-order valence-corrected chi connectivity index (χ2v) is 11.9. The molecule has 41 heavy (non-hydrogen) atoms. The molecule has 3 aliphatic heterocycles. The summed E-state index contributed by atoms with van der Waals surface area (Å²) in [6.45, 7) is 1.25. The summed E-state index contributed by atoms with van der Waals surface area (Å²) >= 11 is 0. The number of nitrogens with zero attached hydrogens (tertiary/aromatic N) is 3. The molecule has 2 saturated carbocycles. The number of nitrogens with one attached hydrogen (secondary N) is 2. The smallest absolute Gasteiger partial charge is 0.317 e. The molecule has 5 aliphatic rings. The first-order valence-electron chi connectivity index (χ1n) is 15.0. The Morgan fingerprint density at radius 3 is 2.15 bits per heavy atom. The first kappa shape index (κ1) is 27.4. The fourth-order valence-corrected chi connectivity index (χ4v) is 6.89. The minimum atomic E-state index is -1.33. The molecule has 2 aromatic carbocycles. The number of carbonyl (C=O) groups is 3. The summed E-state index contributed by atoms with van der Waals surface area (Å²) < 4.78 is 15.1. The van der Waals surface area contributed by atoms with Crippen LogP contribution < -0.4 is 15.5 Å². The molecule has 2 bridgehead atoms. The average Bonchev–Trinajstić information content (AvgIpc) is 3.37. The molecule has 1 unspecified atom stereocenters. The van der Waals surface area contributed by atoms with Gasteiger partial charge >= 0.3 is 6.03 Å². The molecule has 2 aromatic rings. The van der Waals surface area contributed by atoms with Crippen molar-refractivity contribution in [3.05, 3.63) is 65.5 Å². The van der Waals surface area contributed by atoms with Crippen LogP contribution in [-0.2, 0) is 9.59 Å². The zero-order valence-electron chi connectivity index (χ0n) is 23.4. The van der Waals surface area contributed by atoms with Gasteiger partial charge in [-0.15, -0.1) is 0 Å². The minimum Gasteiger partial charge on any atom is -0.341 e. The first-order chi connectivity index (χ1) is 20.0. The maximum Gasteiger partial charge on any atom is 0.317 e. The van der Waals surface area contributed by atoms with Crippen LogP contribution in [0, 0.1) is 17.7 Å². The molecule has 0 spiro atoms. The van der Waals surface area contributed by atoms with Gasteiger partial charge in [0, 0.05) is 30.3 Å². The monoisotopic (exact) mass is 559 g/mol. The van der Waals surface area contributed by atoms with Crippen molar-refractivity contribution in [2.24, 2.45) is 16.8 Å². The third-order valence-electron chi connectivity index (χ3n) is 9.11. The van der Waals surface area contributed by atoms with E-state index in [1.165, 1.54) is 11.0 Å². The van der Waals surface area contributed by atoms with Crippen molar-refractivity contribution >= 4 is 29.2 Å². The van der Waals surface area contributed by atoms with Crippen molar-refractivity contribution in [1.29, 1.82) is 0 Å². The largest absolute Gasteiger partial charge is 0.341 e. The van der Waals surface area contributed by atoms with Gasteiger partial charge in [-0.1, -0.05) is 49.6 Å². The van der Waals surface area contributed by atoms with Gasteiger partial charge in [-0.05, 0) is 68.6 Å². The van der Waals surface area contributed by atoms with Crippen molar-refractivity contribution in [2.75, 3.05) is 24.5 Å². The van der Waals surface area contributed by atoms with Crippen molar-refractivity contribution in [1.82, 2.24) is 15.5 Å². The van der Waals surface area contributed by atoms with E-state index in [1.54, 1.807) is 42.5 Å². The Morgan fingerprint density at radius 2 is 1.46 bits per heavy atom. The molecule has 0 aromatic heterocycles. The van der Waals surface area contributed by atoms with Crippen LogP contribution in [-0.4, -0.2) is 60.3 Å². The Hall–Kier alpha value is -3.75. The number of anilines is 1. The summed E-state index contributed by atoms with van der Waals surface area (Å²) in [6.07, 6.45) is 8.26. The second-order valence-electron chi connectivity index (χ2n) is 11.9. The van der Waals surface area contributed by atoms with Gasteiger partial charge in [-0.25, -0.2) is 14.2 Å². The van der Waals surface area contributed by atoms with E-state index in [0.717, 1.165) is 57.8 Å². The van der Waals surface area contributed by atoms with Gasteiger partial charge in [0.15, 0.2) is 0 Å². The lowest BCUT2D eigenvalue weighted by atomic mass is 9.84. The maximum atomic E-state index is 15.1. The van der Waals surface area contributed by atoms with E-state index >= 15 is 4.39 Å². The maximum absolute atomic E-state index is 15.1. The summed E-state index contributed by atoms with van der Waals surface area (Å²) in [7, 11) is 0. The van der Waals surface area contributed by atoms with Gasteiger partial charge in [0.1, 0.15) is 12.4 Å². The van der Waals surface area contributed by atoms with Crippen molar-refractivity contribution in [3.63, 3.8) is 0 Å². The standard InChI is InChI=1S/C32H38FN5O3/c33-26-12-6-4-10-24(26)29-25-11-5-7-13-27(25)38(20-28(39)37-18-21-14-15-22(19-37)17-16-21)31(40)30(35-29)36-32(41)34-23-8-2-1-3-9-23/h4-7,10-13,21-23,30H,1-3,8-9,14-20H2,(H2,34,36,41). The van der Waals surface area contributed by atoms with E-state index < -0.39 is 23.9 Å². The lowest BCUT2D eigenvalue weighted by molar-refractivity contribution is -0.132. The molecule has 7 rings (SSSR count). The third-order valence-corrected chi connectivity index (χ3v) is 9.11. The normalized spacial score (nSPS) is 24.7. The summed E-state index contributed by atoms with van der Waals surface area (Å²) in [4.78, 5) is 49.0. The van der Waals surface area contributed by atoms with E-state index in [1.807, 2.05) is 4.90 Å². The van der Waals surface area contributed by atoms with Crippen molar-refractivity contribution < 1.29 is 18.8 Å². The molecular weight excluding hydrogens is 521 g/mol. The minimum absolute atomic E-state index is 0.0351. The molecule has 216 valence electrons. The van der Waals surface area contributed by atoms with Crippen molar-refractivity contribution in [2.45, 2.75) is 70.0 Å². The zero-order valence-corrected chi connectivity index (χ0v) is 23.4. The highest BCUT2D eigenvalue weighted by atomic mass is 19.1. The average molecular weight is 560 g/mol. The number of hydrogen-bond donors (Lipinski definition) is 2. The molecular formula is C32H38FN5O3. The summed E-state index contributed by atoms with van der Waals surface area (Å²) in [6, 6.07) is 12.9. The van der Waals surface area contributed by atoms with E-state index in [4.69, 9.17) is 0 Å². The Labute approximate surface area is 240 Å². The van der Waals surface area contributed by atoms with Crippen LogP contribution in [0.25, 0.3) is 0 Å². The number of para-hydroxylation sites is 1. The van der Waals surface area contributed by atoms with Crippen LogP contribution in [0.15, 0.2) is 53.5 Å². The van der Waals surface area contributed by atoms with Crippen LogP contribution in [0.1, 0.15) is 68.9 Å². The van der Waals surface area contributed by atoms with E-state index in [9.17, 15) is 14.4 Å². The van der Waals surface area contributed by atoms with Gasteiger partial charge in [-0.3, -0.25) is 14.5 Å². The molecule has 2 N–H and O–H groups in total. The van der Waals surface area contributed by atoms with Gasteiger partial charge in [0.2, 0.25) is 12.1 Å². The summed E-state index contributed by atoms with van der Waals surface area (Å²) in [5.41, 5.74) is 1.50. The van der Waals surface area contributed by atoms with Crippen LogP contribution >= 0.6 is 0 Å². The number of fused-ring (bicyclic) bond motifs is 5. The molecule has 8 nitrogen and oxygen atoms in total. The molecule has 4 amide bonds. The highest BCUT2D eigenvalue weighted by molar-refractivity contribution is 6.21. The van der Waals surface area contributed by atoms with Gasteiger partial charge < -0.3 is 15.5 Å². The first-order valence-corrected chi connectivity index (χ1v) is 15.0. The second kappa shape index (κ2) is 12.0. The van der Waals surface area contributed by atoms with Crippen LogP contribution in [0.2, 0.25) is 0 Å². The quantitative estimate of drug-likeness (QED) is 0.560. The number of carbonyl (C=O) groups excluding carboxylic acids is 3. The molecule has 2 saturated heterocycles. The SMILES string of the molecule is O=C(NC1CCCCC1)NC1N=C(c2ccccc2F)c2ccccc2N(CC(=O)N2CC3CCC(CC3)C2)C1=O. The predicted molar refractivity (Wildman–Crippen MR) is 155 cm³/mol. The van der Waals surface area contributed by atoms with Crippen LogP contribution in [0.3, 0.4) is 0 Å². The molecule has 2 aliphatic carbocycles. The lowest BCUT2D eigenvalue weighted by Crippen LogP contribution is -2.54. The van der Waals surface area contributed by atoms with Crippen LogP contribution in [0.4, 0.5) is 14.9 Å².